The summed E-state index contributed by atoms with van der Waals surface area (Å²) in [5, 5.41) is 0. The third kappa shape index (κ3) is 4.08. The predicted molar refractivity (Wildman–Crippen MR) is 129 cm³/mol. The first-order chi connectivity index (χ1) is 15.7. The summed E-state index contributed by atoms with van der Waals surface area (Å²) in [5.41, 5.74) is 5.69. The Morgan fingerprint density at radius 3 is 2.06 bits per heavy atom. The molecule has 5 heteroatoms. The highest BCUT2D eigenvalue weighted by Crippen LogP contribution is 2.36. The minimum Gasteiger partial charge on any atom is -0.497 e. The molecule has 0 spiro atoms. The number of fused-ring (bicyclic) bond motifs is 2. The fourth-order valence-corrected chi connectivity index (χ4v) is 4.78. The summed E-state index contributed by atoms with van der Waals surface area (Å²) in [7, 11) is 1.70. The van der Waals surface area contributed by atoms with Crippen molar-refractivity contribution in [1.29, 1.82) is 0 Å². The molecule has 2 heterocycles. The van der Waals surface area contributed by atoms with Crippen LogP contribution in [-0.2, 0) is 17.6 Å². The number of piperazine rings is 1. The van der Waals surface area contributed by atoms with Crippen molar-refractivity contribution >= 4 is 23.0 Å². The molecule has 5 nitrogen and oxygen atoms in total. The zero-order chi connectivity index (χ0) is 21.9. The van der Waals surface area contributed by atoms with Gasteiger partial charge >= 0.3 is 0 Å². The first-order valence-electron chi connectivity index (χ1n) is 11.3. The number of anilines is 3. The molecule has 3 aromatic carbocycles. The fraction of sp³-hybridized carbons (Fsp3) is 0.296. The van der Waals surface area contributed by atoms with Gasteiger partial charge in [-0.2, -0.15) is 0 Å². The first-order valence-corrected chi connectivity index (χ1v) is 11.3. The molecular formula is C27H29N3O2. The highest BCUT2D eigenvalue weighted by molar-refractivity contribution is 6.03. The molecule has 1 saturated heterocycles. The summed E-state index contributed by atoms with van der Waals surface area (Å²) >= 11 is 0. The van der Waals surface area contributed by atoms with Crippen LogP contribution in [-0.4, -0.2) is 50.6 Å². The lowest BCUT2D eigenvalue weighted by molar-refractivity contribution is -0.119. The van der Waals surface area contributed by atoms with Gasteiger partial charge in [0.25, 0.3) is 0 Å². The summed E-state index contributed by atoms with van der Waals surface area (Å²) in [6, 6.07) is 24.8. The largest absolute Gasteiger partial charge is 0.497 e. The Morgan fingerprint density at radius 1 is 0.812 bits per heavy atom. The Balaban J connectivity index is 1.32. The molecule has 0 saturated carbocycles. The van der Waals surface area contributed by atoms with Gasteiger partial charge in [0.2, 0.25) is 5.91 Å². The van der Waals surface area contributed by atoms with E-state index in [1.807, 2.05) is 29.2 Å². The van der Waals surface area contributed by atoms with Crippen molar-refractivity contribution in [2.75, 3.05) is 49.6 Å². The van der Waals surface area contributed by atoms with Crippen molar-refractivity contribution in [1.82, 2.24) is 4.90 Å². The van der Waals surface area contributed by atoms with Gasteiger partial charge in [0.1, 0.15) is 5.75 Å². The number of para-hydroxylation sites is 2. The number of carbonyl (C=O) groups is 1. The van der Waals surface area contributed by atoms with Crippen molar-refractivity contribution in [2.45, 2.75) is 12.8 Å². The van der Waals surface area contributed by atoms with Crippen LogP contribution in [0.5, 0.6) is 5.75 Å². The number of benzene rings is 3. The summed E-state index contributed by atoms with van der Waals surface area (Å²) in [6.07, 6.45) is 1.91. The minimum absolute atomic E-state index is 0.140. The molecule has 1 amide bonds. The summed E-state index contributed by atoms with van der Waals surface area (Å²) in [4.78, 5) is 20.2. The first kappa shape index (κ1) is 20.6. The minimum atomic E-state index is 0.140. The van der Waals surface area contributed by atoms with E-state index < -0.39 is 0 Å². The number of amides is 1. The lowest BCUT2D eigenvalue weighted by Gasteiger charge is -2.37. The Morgan fingerprint density at radius 2 is 1.44 bits per heavy atom. The molecule has 0 unspecified atom stereocenters. The monoisotopic (exact) mass is 427 g/mol. The van der Waals surface area contributed by atoms with Gasteiger partial charge in [0.15, 0.2) is 0 Å². The van der Waals surface area contributed by atoms with Crippen molar-refractivity contribution in [3.63, 3.8) is 0 Å². The summed E-state index contributed by atoms with van der Waals surface area (Å²) < 4.78 is 5.37. The molecule has 3 aromatic rings. The second kappa shape index (κ2) is 9.05. The van der Waals surface area contributed by atoms with E-state index in [-0.39, 0.29) is 5.91 Å². The molecule has 0 N–H and O–H groups in total. The van der Waals surface area contributed by atoms with Crippen molar-refractivity contribution < 1.29 is 9.53 Å². The molecule has 0 aliphatic carbocycles. The number of hydrogen-bond acceptors (Lipinski definition) is 4. The number of carbonyl (C=O) groups excluding carboxylic acids is 1. The molecule has 0 bridgehead atoms. The van der Waals surface area contributed by atoms with E-state index in [4.69, 9.17) is 4.74 Å². The molecule has 2 aliphatic heterocycles. The van der Waals surface area contributed by atoms with Crippen LogP contribution in [0.4, 0.5) is 17.1 Å². The van der Waals surface area contributed by atoms with E-state index in [2.05, 4.69) is 58.3 Å². The molecule has 32 heavy (non-hydrogen) atoms. The zero-order valence-electron chi connectivity index (χ0n) is 18.5. The van der Waals surface area contributed by atoms with Gasteiger partial charge in [-0.25, -0.2) is 0 Å². The average molecular weight is 428 g/mol. The Bertz CT molecular complexity index is 1060. The van der Waals surface area contributed by atoms with Crippen LogP contribution in [0.3, 0.4) is 0 Å². The number of ether oxygens (including phenoxy) is 1. The fourth-order valence-electron chi connectivity index (χ4n) is 4.78. The van der Waals surface area contributed by atoms with Crippen LogP contribution in [0.1, 0.15) is 11.1 Å². The van der Waals surface area contributed by atoms with E-state index in [1.54, 1.807) is 7.11 Å². The van der Waals surface area contributed by atoms with Crippen LogP contribution in [0.15, 0.2) is 72.8 Å². The number of aryl methyl sites for hydroxylation is 2. The maximum Gasteiger partial charge on any atom is 0.245 e. The van der Waals surface area contributed by atoms with Crippen molar-refractivity contribution in [3.05, 3.63) is 83.9 Å². The van der Waals surface area contributed by atoms with Crippen LogP contribution >= 0.6 is 0 Å². The maximum absolute atomic E-state index is 13.6. The molecule has 0 atom stereocenters. The van der Waals surface area contributed by atoms with E-state index in [1.165, 1.54) is 16.8 Å². The summed E-state index contributed by atoms with van der Waals surface area (Å²) in [5.74, 6) is 1.01. The SMILES string of the molecule is COc1cccc(N2CCN(CC(=O)N3c4ccccc4CCc4ccccc43)CC2)c1. The number of nitrogens with zero attached hydrogens (tertiary/aromatic N) is 3. The lowest BCUT2D eigenvalue weighted by Crippen LogP contribution is -2.49. The topological polar surface area (TPSA) is 36.0 Å². The average Bonchev–Trinajstić information content (AvgIpc) is 3.01. The lowest BCUT2D eigenvalue weighted by atomic mass is 10.0. The van der Waals surface area contributed by atoms with E-state index in [9.17, 15) is 4.79 Å². The van der Waals surface area contributed by atoms with E-state index in [0.717, 1.165) is 56.1 Å². The van der Waals surface area contributed by atoms with Crippen LogP contribution in [0, 0.1) is 0 Å². The van der Waals surface area contributed by atoms with Gasteiger partial charge in [-0.3, -0.25) is 14.6 Å². The van der Waals surface area contributed by atoms with Crippen molar-refractivity contribution in [3.8, 4) is 5.75 Å². The normalized spacial score (nSPS) is 16.2. The molecule has 0 radical (unpaired) electrons. The Hall–Kier alpha value is -3.31. The zero-order valence-corrected chi connectivity index (χ0v) is 18.5. The van der Waals surface area contributed by atoms with Gasteiger partial charge in [-0.05, 0) is 48.2 Å². The predicted octanol–water partition coefficient (Wildman–Crippen LogP) is 4.28. The smallest absolute Gasteiger partial charge is 0.245 e. The second-order valence-electron chi connectivity index (χ2n) is 8.45. The summed E-state index contributed by atoms with van der Waals surface area (Å²) in [6.45, 7) is 3.94. The molecule has 164 valence electrons. The van der Waals surface area contributed by atoms with E-state index in [0.29, 0.717) is 6.54 Å². The van der Waals surface area contributed by atoms with Crippen LogP contribution in [0.25, 0.3) is 0 Å². The van der Waals surface area contributed by atoms with E-state index >= 15 is 0 Å². The molecular weight excluding hydrogens is 398 g/mol. The number of methoxy groups -OCH3 is 1. The van der Waals surface area contributed by atoms with Gasteiger partial charge in [0, 0.05) is 37.9 Å². The Labute approximate surface area is 189 Å². The quantitative estimate of drug-likeness (QED) is 0.623. The molecule has 2 aliphatic rings. The van der Waals surface area contributed by atoms with Crippen LogP contribution in [0.2, 0.25) is 0 Å². The van der Waals surface area contributed by atoms with Gasteiger partial charge in [-0.15, -0.1) is 0 Å². The maximum atomic E-state index is 13.6. The molecule has 0 aromatic heterocycles. The Kier molecular flexibility index (Phi) is 5.82. The van der Waals surface area contributed by atoms with Gasteiger partial charge in [0.05, 0.1) is 25.0 Å². The third-order valence-corrected chi connectivity index (χ3v) is 6.53. The van der Waals surface area contributed by atoms with Crippen LogP contribution < -0.4 is 14.5 Å². The molecule has 5 rings (SSSR count). The van der Waals surface area contributed by atoms with Gasteiger partial charge in [-0.1, -0.05) is 42.5 Å². The highest BCUT2D eigenvalue weighted by Gasteiger charge is 2.28. The number of rotatable bonds is 4. The van der Waals surface area contributed by atoms with Crippen molar-refractivity contribution in [2.24, 2.45) is 0 Å². The highest BCUT2D eigenvalue weighted by atomic mass is 16.5. The standard InChI is InChI=1S/C27H29N3O2/c1-32-24-10-6-9-23(19-24)29-17-15-28(16-18-29)20-27(31)30-25-11-4-2-7-21(25)13-14-22-8-3-5-12-26(22)30/h2-12,19H,13-18,20H2,1H3. The second-order valence-corrected chi connectivity index (χ2v) is 8.45. The molecule has 1 fully saturated rings. The third-order valence-electron chi connectivity index (χ3n) is 6.53. The van der Waals surface area contributed by atoms with Gasteiger partial charge < -0.3 is 9.64 Å². The number of hydrogen-bond donors (Lipinski definition) is 0.